The highest BCUT2D eigenvalue weighted by molar-refractivity contribution is 5.79. The minimum absolute atomic E-state index is 0.570. The summed E-state index contributed by atoms with van der Waals surface area (Å²) >= 11 is 0. The van der Waals surface area contributed by atoms with E-state index in [0.29, 0.717) is 59.8 Å². The maximum Gasteiger partial charge on any atom is 0.115 e. The van der Waals surface area contributed by atoms with Crippen molar-refractivity contribution in [2.24, 2.45) is 29.6 Å². The minimum atomic E-state index is 0.570. The Kier molecular flexibility index (Phi) is 35.3. The molecule has 5 aliphatic carbocycles. The van der Waals surface area contributed by atoms with Crippen LogP contribution < -0.4 is 26.6 Å². The summed E-state index contributed by atoms with van der Waals surface area (Å²) in [4.78, 5) is 39.3. The molecular formula is C120H180N20. The summed E-state index contributed by atoms with van der Waals surface area (Å²) in [5.41, 5.74) is 12.7. The number of benzene rings is 5. The molecule has 0 amide bonds. The topological polar surface area (TPSA) is 165 Å². The van der Waals surface area contributed by atoms with E-state index in [0.717, 1.165) is 95.0 Å². The van der Waals surface area contributed by atoms with E-state index >= 15 is 0 Å². The third-order valence-electron chi connectivity index (χ3n) is 37.2. The predicted octanol–water partition coefficient (Wildman–Crippen LogP) is 23.6. The number of imidazole rings is 5. The second-order valence-electron chi connectivity index (χ2n) is 47.1. The number of hydrogen-bond donors (Lipinski definition) is 5. The normalized spacial score (nSPS) is 25.3. The van der Waals surface area contributed by atoms with Crippen LogP contribution in [0.3, 0.4) is 0 Å². The molecule has 760 valence electrons. The lowest BCUT2D eigenvalue weighted by atomic mass is 9.90. The maximum absolute atomic E-state index is 5.14. The standard InChI is InChI=1S/C25H38N4.3C24H36N4.C23H34N4/c1-2-4-9-20(8-3-1)19-28-16-13-22(14-17-28)29-24-12-6-5-11-23(24)27-25(29)21-10-7-15-26-18-21;2*1-2-4-8-19(7-3-1)18-27-15-12-21(13-16-27)28-23-10-6-5-9-22(23)26-24(28)20-11-14-25-17-20;1-2-4-8-19(9-5-3-1)18-27-14-12-21(13-15-27)28-23-11-7-6-10-22(23)26-24(28)20-16-25-17-20;1-2-4-8-18(7-3-1)17-26-13-11-20(12-14-26)27-22-10-6-5-9-21(22)25-23(27)19-15-24-16-19/h5-6,11-12,20-22,26H,1-4,7-10,13-19H2;2*5-6,9-10,19-21,25H,1-4,7-8,11-18H2;6-7,10-11,19-21,25H,1-5,8-9,12-18H2;5-6,9-10,18-20,24H,1-4,7-8,11-17H2/t21-;2*20-;;/m110../s1. The molecule has 20 nitrogen and oxygen atoms in total. The number of para-hydroxylation sites is 10. The summed E-state index contributed by atoms with van der Waals surface area (Å²) in [7, 11) is 0. The van der Waals surface area contributed by atoms with E-state index in [1.165, 1.54) is 471 Å². The smallest absolute Gasteiger partial charge is 0.115 e. The fourth-order valence-corrected chi connectivity index (χ4v) is 29.0. The number of hydrogen-bond acceptors (Lipinski definition) is 15. The first-order valence-corrected chi connectivity index (χ1v) is 58.9. The van der Waals surface area contributed by atoms with Crippen molar-refractivity contribution in [3.05, 3.63) is 150 Å². The maximum atomic E-state index is 5.14. The van der Waals surface area contributed by atoms with E-state index in [1.54, 1.807) is 0 Å². The molecule has 140 heavy (non-hydrogen) atoms. The van der Waals surface area contributed by atoms with Gasteiger partial charge in [0.15, 0.2) is 0 Å². The zero-order valence-electron chi connectivity index (χ0n) is 86.4. The second-order valence-corrected chi connectivity index (χ2v) is 47.1. The summed E-state index contributed by atoms with van der Waals surface area (Å²) in [5.74, 6) is 14.4. The molecule has 5 N–H and O–H groups in total. The summed E-state index contributed by atoms with van der Waals surface area (Å²) in [6.07, 6.45) is 63.1. The van der Waals surface area contributed by atoms with Crippen molar-refractivity contribution >= 4 is 55.2 Å². The van der Waals surface area contributed by atoms with Crippen LogP contribution in [0, 0.1) is 29.6 Å². The summed E-state index contributed by atoms with van der Waals surface area (Å²) in [6, 6.07) is 47.0. The first-order valence-electron chi connectivity index (χ1n) is 58.9. The molecule has 0 radical (unpaired) electrons. The Balaban J connectivity index is 0.000000104. The monoisotopic (exact) mass is 1900 g/mol. The van der Waals surface area contributed by atoms with E-state index in [1.807, 2.05) is 0 Å². The van der Waals surface area contributed by atoms with Crippen molar-refractivity contribution in [1.29, 1.82) is 0 Å². The van der Waals surface area contributed by atoms with Crippen molar-refractivity contribution in [3.8, 4) is 0 Å². The van der Waals surface area contributed by atoms with Gasteiger partial charge in [-0.05, 0) is 264 Å². The zero-order valence-corrected chi connectivity index (χ0v) is 86.4. The van der Waals surface area contributed by atoms with Gasteiger partial charge in [-0.25, -0.2) is 24.9 Å². The van der Waals surface area contributed by atoms with Crippen LogP contribution in [0.2, 0.25) is 0 Å². The molecule has 0 unspecified atom stereocenters. The van der Waals surface area contributed by atoms with Crippen LogP contribution in [-0.4, -0.2) is 236 Å². The Morgan fingerprint density at radius 2 is 0.379 bits per heavy atom. The molecule has 25 rings (SSSR count). The SMILES string of the molecule is c1ccc2c(c1)nc(C1CNC1)n2C1CCN(CC2CCCCCC2)CC1.c1ccc2c(c1)nc(C1CNC1)n2C1CCN(CC2CCCCCCC2)CC1.c1ccc2c(c1)nc([C@@H]1CCCNC1)n2C1CCN(CC2CCCCCC2)CC1.c1ccc2c(c1)nc([C@@H]1CCNC1)n2C1CCN(CC2CCCCCC2)CC1.c1ccc2c(c1)nc([C@H]1CCNC1)n2C1CCN(CC2CCCCCC2)CC1. The van der Waals surface area contributed by atoms with E-state index in [4.69, 9.17) is 24.9 Å². The second kappa shape index (κ2) is 50.0. The molecular weight excluding hydrogens is 1720 g/mol. The molecule has 0 spiro atoms. The van der Waals surface area contributed by atoms with Gasteiger partial charge in [0.1, 0.15) is 29.1 Å². The third-order valence-corrected chi connectivity index (χ3v) is 37.2. The molecule has 5 aromatic heterocycles. The van der Waals surface area contributed by atoms with Crippen molar-refractivity contribution in [2.75, 3.05) is 164 Å². The van der Waals surface area contributed by atoms with Gasteiger partial charge in [0, 0.05) is 204 Å². The molecule has 20 heteroatoms. The fraction of sp³-hybridized carbons (Fsp3) is 0.708. The van der Waals surface area contributed by atoms with E-state index in [2.05, 4.69) is 195 Å². The summed E-state index contributed by atoms with van der Waals surface area (Å²) < 4.78 is 13.2. The van der Waals surface area contributed by atoms with Crippen LogP contribution in [0.1, 0.15) is 378 Å². The Bertz CT molecular complexity index is 5200. The Hall–Kier alpha value is -6.95. The number of aromatic nitrogens is 10. The predicted molar refractivity (Wildman–Crippen MR) is 579 cm³/mol. The van der Waals surface area contributed by atoms with Crippen LogP contribution in [0.5, 0.6) is 0 Å². The molecule has 10 aromatic rings. The van der Waals surface area contributed by atoms with Crippen LogP contribution in [0.25, 0.3) is 55.2 Å². The summed E-state index contributed by atoms with van der Waals surface area (Å²) in [5, 5.41) is 17.6. The van der Waals surface area contributed by atoms with Crippen LogP contribution >= 0.6 is 0 Å². The first kappa shape index (κ1) is 99.0. The van der Waals surface area contributed by atoms with Gasteiger partial charge in [-0.1, -0.05) is 196 Å². The molecule has 0 bridgehead atoms. The molecule has 5 saturated carbocycles. The van der Waals surface area contributed by atoms with Crippen molar-refractivity contribution in [3.63, 3.8) is 0 Å². The van der Waals surface area contributed by atoms with E-state index in [-0.39, 0.29) is 0 Å². The molecule has 15 heterocycles. The molecule has 15 fully saturated rings. The van der Waals surface area contributed by atoms with E-state index in [9.17, 15) is 0 Å². The number of piperidine rings is 6. The zero-order chi connectivity index (χ0) is 93.8. The number of fused-ring (bicyclic) bond motifs is 5. The number of nitrogens with one attached hydrogen (secondary N) is 5. The molecule has 10 saturated heterocycles. The van der Waals surface area contributed by atoms with Crippen molar-refractivity contribution in [1.82, 2.24) is 98.8 Å². The average molecular weight is 1900 g/mol. The minimum Gasteiger partial charge on any atom is -0.324 e. The van der Waals surface area contributed by atoms with Crippen molar-refractivity contribution in [2.45, 2.75) is 349 Å². The Morgan fingerprint density at radius 1 is 0.186 bits per heavy atom. The quantitative estimate of drug-likeness (QED) is 0.0457. The number of nitrogens with zero attached hydrogens (tertiary/aromatic N) is 15. The average Bonchev–Trinajstić information content (AvgIpc) is 1.64. The highest BCUT2D eigenvalue weighted by Gasteiger charge is 2.39. The molecule has 5 aromatic carbocycles. The van der Waals surface area contributed by atoms with Crippen LogP contribution in [-0.2, 0) is 0 Å². The third kappa shape index (κ3) is 25.0. The Morgan fingerprint density at radius 3 is 0.579 bits per heavy atom. The highest BCUT2D eigenvalue weighted by atomic mass is 15.2. The fourth-order valence-electron chi connectivity index (χ4n) is 29.0. The van der Waals surface area contributed by atoms with Gasteiger partial charge < -0.3 is 73.9 Å². The molecule has 3 atom stereocenters. The Labute approximate surface area is 841 Å². The van der Waals surface area contributed by atoms with Gasteiger partial charge >= 0.3 is 0 Å². The van der Waals surface area contributed by atoms with Gasteiger partial charge in [0.25, 0.3) is 0 Å². The van der Waals surface area contributed by atoms with Gasteiger partial charge in [0.2, 0.25) is 0 Å². The number of likely N-dealkylation sites (tertiary alicyclic amines) is 5. The van der Waals surface area contributed by atoms with Crippen molar-refractivity contribution < 1.29 is 0 Å². The molecule has 15 aliphatic rings. The lowest BCUT2D eigenvalue weighted by Crippen LogP contribution is -2.43. The molecule has 10 aliphatic heterocycles. The number of rotatable bonds is 20. The van der Waals surface area contributed by atoms with Gasteiger partial charge in [-0.3, -0.25) is 0 Å². The van der Waals surface area contributed by atoms with Gasteiger partial charge in [0.05, 0.1) is 55.2 Å². The van der Waals surface area contributed by atoms with Crippen LogP contribution in [0.15, 0.2) is 121 Å². The van der Waals surface area contributed by atoms with Gasteiger partial charge in [-0.2, -0.15) is 0 Å². The van der Waals surface area contributed by atoms with Gasteiger partial charge in [-0.15, -0.1) is 0 Å². The first-order chi connectivity index (χ1) is 69.4. The lowest BCUT2D eigenvalue weighted by Gasteiger charge is -2.37. The van der Waals surface area contributed by atoms with Crippen LogP contribution in [0.4, 0.5) is 0 Å². The highest BCUT2D eigenvalue weighted by Crippen LogP contribution is 2.43. The largest absolute Gasteiger partial charge is 0.324 e. The lowest BCUT2D eigenvalue weighted by molar-refractivity contribution is 0.151. The summed E-state index contributed by atoms with van der Waals surface area (Å²) in [6.45, 7) is 30.4. The van der Waals surface area contributed by atoms with E-state index < -0.39 is 0 Å².